The normalized spacial score (nSPS) is 12.0. The Labute approximate surface area is 101 Å². The molecule has 0 fully saturated rings. The summed E-state index contributed by atoms with van der Waals surface area (Å²) < 4.78 is 42.6. The maximum atomic E-state index is 12.0. The van der Waals surface area contributed by atoms with Crippen LogP contribution in [0, 0.1) is 0 Å². The molecule has 16 heavy (non-hydrogen) atoms. The summed E-state index contributed by atoms with van der Waals surface area (Å²) in [6.07, 6.45) is 2.99. The van der Waals surface area contributed by atoms with Crippen molar-refractivity contribution in [2.24, 2.45) is 0 Å². The number of fused-ring (bicyclic) bond motifs is 1. The van der Waals surface area contributed by atoms with Crippen molar-refractivity contribution in [1.29, 1.82) is 0 Å². The van der Waals surface area contributed by atoms with Gasteiger partial charge in [0.25, 0.3) is 0 Å². The molecule has 0 saturated carbocycles. The molecule has 2 aromatic heterocycles. The predicted molar refractivity (Wildman–Crippen MR) is 57.2 cm³/mol. The van der Waals surface area contributed by atoms with Crippen molar-refractivity contribution in [2.45, 2.75) is 5.51 Å². The molecule has 0 radical (unpaired) electrons. The van der Waals surface area contributed by atoms with Crippen molar-refractivity contribution in [3.05, 3.63) is 29.0 Å². The molecule has 2 heterocycles. The van der Waals surface area contributed by atoms with Crippen LogP contribution in [0.2, 0.25) is 0 Å². The van der Waals surface area contributed by atoms with Crippen LogP contribution in [0.3, 0.4) is 0 Å². The number of hydrogen-bond acceptors (Lipinski definition) is 3. The highest BCUT2D eigenvalue weighted by molar-refractivity contribution is 9.10. The zero-order valence-electron chi connectivity index (χ0n) is 7.53. The van der Waals surface area contributed by atoms with Crippen LogP contribution in [-0.2, 0) is 0 Å². The molecule has 0 amide bonds. The van der Waals surface area contributed by atoms with E-state index in [9.17, 15) is 13.2 Å². The summed E-state index contributed by atoms with van der Waals surface area (Å²) in [5.41, 5.74) is -3.96. The van der Waals surface area contributed by atoms with Gasteiger partial charge in [-0.05, 0) is 22.0 Å². The quantitative estimate of drug-likeness (QED) is 0.792. The molecule has 0 atom stereocenters. The zero-order valence-corrected chi connectivity index (χ0v) is 9.93. The van der Waals surface area contributed by atoms with E-state index in [0.717, 1.165) is 0 Å². The molecule has 0 aliphatic carbocycles. The lowest BCUT2D eigenvalue weighted by Crippen LogP contribution is -2.03. The molecule has 2 rings (SSSR count). The van der Waals surface area contributed by atoms with E-state index >= 15 is 0 Å². The van der Waals surface area contributed by atoms with Gasteiger partial charge in [-0.25, -0.2) is 4.52 Å². The molecule has 0 saturated heterocycles. The van der Waals surface area contributed by atoms with Gasteiger partial charge in [0.05, 0.1) is 6.20 Å². The van der Waals surface area contributed by atoms with Crippen molar-refractivity contribution in [1.82, 2.24) is 9.61 Å². The predicted octanol–water partition coefficient (Wildman–Crippen LogP) is 3.64. The standard InChI is InChI=1S/C8H4BrF3N2OS/c9-5-3-6-7(15-16-8(10,11)12)1-2-13-14(6)4-5/h1-4H. The van der Waals surface area contributed by atoms with Crippen LogP contribution < -0.4 is 4.18 Å². The van der Waals surface area contributed by atoms with Gasteiger partial charge in [-0.2, -0.15) is 18.3 Å². The molecule has 0 aliphatic rings. The van der Waals surface area contributed by atoms with Crippen molar-refractivity contribution >= 4 is 33.5 Å². The Hall–Kier alpha value is -0.890. The summed E-state index contributed by atoms with van der Waals surface area (Å²) >= 11 is 2.66. The summed E-state index contributed by atoms with van der Waals surface area (Å²) in [4.78, 5) is 0. The van der Waals surface area contributed by atoms with Gasteiger partial charge in [-0.1, -0.05) is 0 Å². The lowest BCUT2D eigenvalue weighted by Gasteiger charge is -2.07. The molecule has 8 heteroatoms. The van der Waals surface area contributed by atoms with Gasteiger partial charge >= 0.3 is 5.51 Å². The van der Waals surface area contributed by atoms with E-state index in [1.54, 1.807) is 12.3 Å². The molecule has 0 unspecified atom stereocenters. The van der Waals surface area contributed by atoms with Crippen molar-refractivity contribution < 1.29 is 17.4 Å². The van der Waals surface area contributed by atoms with Crippen LogP contribution in [0.4, 0.5) is 13.2 Å². The first-order valence-electron chi connectivity index (χ1n) is 4.01. The summed E-state index contributed by atoms with van der Waals surface area (Å²) in [6, 6.07) is 3.00. The van der Waals surface area contributed by atoms with Crippen LogP contribution >= 0.6 is 28.0 Å². The van der Waals surface area contributed by atoms with Crippen LogP contribution in [0.5, 0.6) is 5.75 Å². The fraction of sp³-hybridized carbons (Fsp3) is 0.125. The lowest BCUT2D eigenvalue weighted by molar-refractivity contribution is -0.0369. The molecule has 2 aromatic rings. The lowest BCUT2D eigenvalue weighted by atomic mass is 10.4. The highest BCUT2D eigenvalue weighted by Crippen LogP contribution is 2.34. The fourth-order valence-corrected chi connectivity index (χ4v) is 1.86. The molecular weight excluding hydrogens is 309 g/mol. The van der Waals surface area contributed by atoms with E-state index in [1.807, 2.05) is 0 Å². The highest BCUT2D eigenvalue weighted by atomic mass is 79.9. The number of nitrogens with zero attached hydrogens (tertiary/aromatic N) is 2. The van der Waals surface area contributed by atoms with Gasteiger partial charge in [0.15, 0.2) is 17.8 Å². The summed E-state index contributed by atoms with van der Waals surface area (Å²) in [6.45, 7) is 0. The maximum absolute atomic E-state index is 12.0. The zero-order chi connectivity index (χ0) is 11.8. The Morgan fingerprint density at radius 2 is 2.19 bits per heavy atom. The maximum Gasteiger partial charge on any atom is 0.479 e. The Kier molecular flexibility index (Phi) is 3.02. The van der Waals surface area contributed by atoms with Crippen molar-refractivity contribution in [3.63, 3.8) is 0 Å². The van der Waals surface area contributed by atoms with Gasteiger partial charge in [-0.15, -0.1) is 0 Å². The molecule has 0 aliphatic heterocycles. The molecular formula is C8H4BrF3N2OS. The highest BCUT2D eigenvalue weighted by Gasteiger charge is 2.31. The Morgan fingerprint density at radius 1 is 1.44 bits per heavy atom. The van der Waals surface area contributed by atoms with Gasteiger partial charge < -0.3 is 4.18 Å². The van der Waals surface area contributed by atoms with Crippen molar-refractivity contribution in [2.75, 3.05) is 0 Å². The largest absolute Gasteiger partial charge is 0.479 e. The van der Waals surface area contributed by atoms with Crippen LogP contribution in [0.15, 0.2) is 29.0 Å². The number of halogens is 4. The Morgan fingerprint density at radius 3 is 2.88 bits per heavy atom. The second-order valence-electron chi connectivity index (χ2n) is 2.80. The monoisotopic (exact) mass is 312 g/mol. The smallest absolute Gasteiger partial charge is 0.415 e. The molecule has 0 bridgehead atoms. The molecule has 86 valence electrons. The minimum atomic E-state index is -4.43. The van der Waals surface area contributed by atoms with E-state index in [4.69, 9.17) is 0 Å². The van der Waals surface area contributed by atoms with E-state index in [-0.39, 0.29) is 5.75 Å². The van der Waals surface area contributed by atoms with Gasteiger partial charge in [0.2, 0.25) is 0 Å². The average molecular weight is 313 g/mol. The van der Waals surface area contributed by atoms with E-state index in [1.165, 1.54) is 16.8 Å². The first-order valence-corrected chi connectivity index (χ1v) is 5.54. The minimum Gasteiger partial charge on any atom is -0.415 e. The second kappa shape index (κ2) is 4.17. The summed E-state index contributed by atoms with van der Waals surface area (Å²) in [5, 5.41) is 3.92. The third-order valence-electron chi connectivity index (χ3n) is 1.66. The van der Waals surface area contributed by atoms with E-state index in [2.05, 4.69) is 25.2 Å². The number of alkyl halides is 3. The molecule has 0 aromatic carbocycles. The third-order valence-corrected chi connectivity index (χ3v) is 2.55. The number of hydrogen-bond donors (Lipinski definition) is 0. The first kappa shape index (κ1) is 11.6. The van der Waals surface area contributed by atoms with Crippen molar-refractivity contribution in [3.8, 4) is 5.75 Å². The molecule has 3 nitrogen and oxygen atoms in total. The summed E-state index contributed by atoms with van der Waals surface area (Å²) in [5.74, 6) is 0.114. The molecule has 0 N–H and O–H groups in total. The fourth-order valence-electron chi connectivity index (χ4n) is 1.12. The van der Waals surface area contributed by atoms with E-state index in [0.29, 0.717) is 9.99 Å². The van der Waals surface area contributed by atoms with E-state index < -0.39 is 17.6 Å². The first-order chi connectivity index (χ1) is 7.46. The SMILES string of the molecule is FC(F)(F)SOc1ccnn2cc(Br)cc12. The summed E-state index contributed by atoms with van der Waals surface area (Å²) in [7, 11) is 0. The van der Waals surface area contributed by atoms with Crippen LogP contribution in [0.25, 0.3) is 5.52 Å². The van der Waals surface area contributed by atoms with Crippen LogP contribution in [0.1, 0.15) is 0 Å². The third kappa shape index (κ3) is 2.62. The molecule has 0 spiro atoms. The Balaban J connectivity index is 2.30. The van der Waals surface area contributed by atoms with Gasteiger partial charge in [0, 0.05) is 16.7 Å². The number of aromatic nitrogens is 2. The number of rotatable bonds is 2. The average Bonchev–Trinajstić information content (AvgIpc) is 2.54. The Bertz CT molecular complexity index is 513. The van der Waals surface area contributed by atoms with Gasteiger partial charge in [-0.3, -0.25) is 0 Å². The minimum absolute atomic E-state index is 0.114. The van der Waals surface area contributed by atoms with Gasteiger partial charge in [0.1, 0.15) is 5.52 Å². The topological polar surface area (TPSA) is 26.5 Å². The second-order valence-corrected chi connectivity index (χ2v) is 4.51. The van der Waals surface area contributed by atoms with Crippen LogP contribution in [-0.4, -0.2) is 15.1 Å².